The number of rotatable bonds is 4. The highest BCUT2D eigenvalue weighted by Crippen LogP contribution is 2.28. The normalized spacial score (nSPS) is 25.2. The van der Waals surface area contributed by atoms with Crippen LogP contribution in [0.25, 0.3) is 0 Å². The molecule has 1 aliphatic rings. The number of benzene rings is 1. The molecule has 5 heteroatoms. The van der Waals surface area contributed by atoms with Crippen molar-refractivity contribution < 1.29 is 9.53 Å². The number of carbonyl (C=O) groups excluding carboxylic acids is 1. The predicted octanol–water partition coefficient (Wildman–Crippen LogP) is 2.76. The van der Waals surface area contributed by atoms with Crippen LogP contribution >= 0.6 is 11.8 Å². The maximum atomic E-state index is 12.0. The van der Waals surface area contributed by atoms with Crippen LogP contribution in [0.3, 0.4) is 0 Å². The smallest absolute Gasteiger partial charge is 0.335 e. The molecule has 1 aliphatic heterocycles. The molecule has 0 spiro atoms. The van der Waals surface area contributed by atoms with Gasteiger partial charge in [0.05, 0.1) is 7.11 Å². The zero-order valence-electron chi connectivity index (χ0n) is 12.1. The Labute approximate surface area is 124 Å². The predicted molar refractivity (Wildman–Crippen MR) is 82.9 cm³/mol. The first-order valence-electron chi connectivity index (χ1n) is 6.69. The lowest BCUT2D eigenvalue weighted by Gasteiger charge is -2.21. The van der Waals surface area contributed by atoms with Crippen molar-refractivity contribution in [2.45, 2.75) is 31.8 Å². The molecule has 0 bridgehead atoms. The van der Waals surface area contributed by atoms with Crippen molar-refractivity contribution >= 4 is 22.9 Å². The summed E-state index contributed by atoms with van der Waals surface area (Å²) in [5.41, 5.74) is 0.903. The highest BCUT2D eigenvalue weighted by Gasteiger charge is 2.32. The summed E-state index contributed by atoms with van der Waals surface area (Å²) in [5, 5.41) is 4.21. The number of methoxy groups -OCH3 is 1. The summed E-state index contributed by atoms with van der Waals surface area (Å²) >= 11 is 1.66. The molecule has 0 aliphatic carbocycles. The third-order valence-electron chi connectivity index (χ3n) is 3.50. The molecule has 1 heterocycles. The standard InChI is InChI=1S/C15H20N2O2S/c1-4-15(2)10-20-14(17-15)16-12(13(18)19-3)11-8-6-5-7-9-11/h5-9,12H,4,10H2,1-3H3,(H,16,17). The number of hydrogen-bond acceptors (Lipinski definition) is 4. The number of esters is 1. The lowest BCUT2D eigenvalue weighted by Crippen LogP contribution is -2.39. The number of thioether (sulfide) groups is 1. The summed E-state index contributed by atoms with van der Waals surface area (Å²) in [7, 11) is 1.39. The molecule has 1 N–H and O–H groups in total. The van der Waals surface area contributed by atoms with Crippen molar-refractivity contribution in [2.75, 3.05) is 12.9 Å². The first-order valence-corrected chi connectivity index (χ1v) is 7.68. The second-order valence-corrected chi connectivity index (χ2v) is 6.06. The van der Waals surface area contributed by atoms with Crippen LogP contribution in [0.5, 0.6) is 0 Å². The average molecular weight is 292 g/mol. The van der Waals surface area contributed by atoms with Crippen molar-refractivity contribution in [1.82, 2.24) is 5.32 Å². The molecule has 20 heavy (non-hydrogen) atoms. The molecule has 1 aromatic carbocycles. The largest absolute Gasteiger partial charge is 0.467 e. The lowest BCUT2D eigenvalue weighted by atomic mass is 10.0. The van der Waals surface area contributed by atoms with E-state index in [9.17, 15) is 4.79 Å². The highest BCUT2D eigenvalue weighted by atomic mass is 32.2. The first-order chi connectivity index (χ1) is 9.58. The summed E-state index contributed by atoms with van der Waals surface area (Å²) in [6, 6.07) is 8.90. The number of nitrogens with one attached hydrogen (secondary N) is 1. The Morgan fingerprint density at radius 3 is 2.75 bits per heavy atom. The molecule has 4 nitrogen and oxygen atoms in total. The molecular formula is C15H20N2O2S. The molecule has 0 amide bonds. The fourth-order valence-electron chi connectivity index (χ4n) is 1.95. The zero-order valence-corrected chi connectivity index (χ0v) is 12.9. The second kappa shape index (κ2) is 6.31. The maximum absolute atomic E-state index is 12.0. The van der Waals surface area contributed by atoms with Gasteiger partial charge in [0.15, 0.2) is 11.2 Å². The van der Waals surface area contributed by atoms with Crippen molar-refractivity contribution in [2.24, 2.45) is 4.99 Å². The van der Waals surface area contributed by atoms with Crippen molar-refractivity contribution in [3.05, 3.63) is 35.9 Å². The number of amidine groups is 1. The minimum absolute atomic E-state index is 0.0564. The van der Waals surface area contributed by atoms with Gasteiger partial charge in [-0.05, 0) is 18.9 Å². The minimum Gasteiger partial charge on any atom is -0.467 e. The van der Waals surface area contributed by atoms with E-state index in [4.69, 9.17) is 4.74 Å². The Hall–Kier alpha value is -1.49. The summed E-state index contributed by atoms with van der Waals surface area (Å²) in [4.78, 5) is 16.5. The van der Waals surface area contributed by atoms with Crippen LogP contribution in [0.15, 0.2) is 35.3 Å². The van der Waals surface area contributed by atoms with Crippen LogP contribution in [0.2, 0.25) is 0 Å². The molecule has 0 radical (unpaired) electrons. The van der Waals surface area contributed by atoms with E-state index in [0.717, 1.165) is 22.9 Å². The Kier molecular flexibility index (Phi) is 4.70. The van der Waals surface area contributed by atoms with E-state index in [2.05, 4.69) is 24.2 Å². The molecule has 1 saturated heterocycles. The van der Waals surface area contributed by atoms with Gasteiger partial charge in [0.1, 0.15) is 0 Å². The first kappa shape index (κ1) is 14.9. The van der Waals surface area contributed by atoms with Crippen LogP contribution in [0.4, 0.5) is 0 Å². The number of aliphatic imine (C=N–C) groups is 1. The second-order valence-electron chi connectivity index (χ2n) is 5.10. The van der Waals surface area contributed by atoms with Gasteiger partial charge < -0.3 is 10.1 Å². The zero-order chi connectivity index (χ0) is 14.6. The summed E-state index contributed by atoms with van der Waals surface area (Å²) in [6.07, 6.45) is 1.02. The molecule has 1 aromatic rings. The monoisotopic (exact) mass is 292 g/mol. The van der Waals surface area contributed by atoms with Crippen LogP contribution in [0, 0.1) is 0 Å². The average Bonchev–Trinajstić information content (AvgIpc) is 2.87. The van der Waals surface area contributed by atoms with Gasteiger partial charge in [-0.3, -0.25) is 0 Å². The van der Waals surface area contributed by atoms with E-state index in [0.29, 0.717) is 0 Å². The van der Waals surface area contributed by atoms with Gasteiger partial charge in [-0.15, -0.1) is 0 Å². The van der Waals surface area contributed by atoms with Gasteiger partial charge in [0, 0.05) is 11.3 Å². The molecule has 1 fully saturated rings. The van der Waals surface area contributed by atoms with Crippen molar-refractivity contribution in [3.8, 4) is 0 Å². The fourth-order valence-corrected chi connectivity index (χ4v) is 3.18. The van der Waals surface area contributed by atoms with E-state index in [1.807, 2.05) is 30.3 Å². The van der Waals surface area contributed by atoms with E-state index in [-0.39, 0.29) is 11.5 Å². The molecule has 2 rings (SSSR count). The van der Waals surface area contributed by atoms with Gasteiger partial charge in [-0.25, -0.2) is 9.79 Å². The Morgan fingerprint density at radius 1 is 1.50 bits per heavy atom. The summed E-state index contributed by atoms with van der Waals surface area (Å²) in [5.74, 6) is 0.626. The van der Waals surface area contributed by atoms with E-state index in [1.54, 1.807) is 11.8 Å². The van der Waals surface area contributed by atoms with E-state index in [1.165, 1.54) is 7.11 Å². The van der Waals surface area contributed by atoms with Gasteiger partial charge in [0.25, 0.3) is 0 Å². The van der Waals surface area contributed by atoms with Gasteiger partial charge in [-0.1, -0.05) is 49.0 Å². The van der Waals surface area contributed by atoms with Crippen LogP contribution in [0.1, 0.15) is 31.9 Å². The molecule has 2 unspecified atom stereocenters. The SMILES string of the molecule is CCC1(C)CSC(=NC(C(=O)OC)c2ccccc2)N1. The van der Waals surface area contributed by atoms with Crippen molar-refractivity contribution in [3.63, 3.8) is 0 Å². The van der Waals surface area contributed by atoms with Crippen LogP contribution < -0.4 is 5.32 Å². The van der Waals surface area contributed by atoms with Crippen LogP contribution in [-0.2, 0) is 9.53 Å². The number of carbonyl (C=O) groups is 1. The van der Waals surface area contributed by atoms with Gasteiger partial charge >= 0.3 is 5.97 Å². The number of nitrogens with zero attached hydrogens (tertiary/aromatic N) is 1. The quantitative estimate of drug-likeness (QED) is 0.867. The maximum Gasteiger partial charge on any atom is 0.335 e. The van der Waals surface area contributed by atoms with Gasteiger partial charge in [0.2, 0.25) is 0 Å². The van der Waals surface area contributed by atoms with E-state index >= 15 is 0 Å². The third-order valence-corrected chi connectivity index (χ3v) is 4.76. The molecule has 0 saturated carbocycles. The Bertz CT molecular complexity index is 504. The Balaban J connectivity index is 2.24. The van der Waals surface area contributed by atoms with E-state index < -0.39 is 6.04 Å². The lowest BCUT2D eigenvalue weighted by molar-refractivity contribution is -0.142. The molecule has 108 valence electrons. The Morgan fingerprint density at radius 2 is 2.20 bits per heavy atom. The van der Waals surface area contributed by atoms with Crippen molar-refractivity contribution in [1.29, 1.82) is 0 Å². The summed E-state index contributed by atoms with van der Waals surface area (Å²) in [6.45, 7) is 4.31. The van der Waals surface area contributed by atoms with Gasteiger partial charge in [-0.2, -0.15) is 0 Å². The van der Waals surface area contributed by atoms with Crippen LogP contribution in [-0.4, -0.2) is 29.5 Å². The number of ether oxygens (including phenoxy) is 1. The molecule has 2 atom stereocenters. The summed E-state index contributed by atoms with van der Waals surface area (Å²) < 4.78 is 4.87. The number of hydrogen-bond donors (Lipinski definition) is 1. The third kappa shape index (κ3) is 3.33. The molecule has 0 aromatic heterocycles. The highest BCUT2D eigenvalue weighted by molar-refractivity contribution is 8.14. The topological polar surface area (TPSA) is 50.7 Å². The molecular weight excluding hydrogens is 272 g/mol. The fraction of sp³-hybridized carbons (Fsp3) is 0.467. The minimum atomic E-state index is -0.601.